The van der Waals surface area contributed by atoms with Crippen LogP contribution in [0.5, 0.6) is 0 Å². The van der Waals surface area contributed by atoms with Crippen LogP contribution in [0.15, 0.2) is 22.8 Å². The van der Waals surface area contributed by atoms with Gasteiger partial charge < -0.3 is 9.52 Å². The van der Waals surface area contributed by atoms with Crippen molar-refractivity contribution in [2.24, 2.45) is 0 Å². The summed E-state index contributed by atoms with van der Waals surface area (Å²) in [6, 6.07) is 3.73. The van der Waals surface area contributed by atoms with E-state index >= 15 is 0 Å². The fraction of sp³-hybridized carbons (Fsp3) is 0.556. The number of thioether (sulfide) groups is 1. The Kier molecular flexibility index (Phi) is 4.25. The van der Waals surface area contributed by atoms with E-state index in [1.54, 1.807) is 18.0 Å². The van der Waals surface area contributed by atoms with Crippen LogP contribution >= 0.6 is 11.8 Å². The Morgan fingerprint density at radius 2 is 2.50 bits per heavy atom. The van der Waals surface area contributed by atoms with E-state index in [1.807, 2.05) is 12.1 Å². The molecule has 0 aliphatic heterocycles. The SMILES string of the molecule is CCSCC(O)Cc1ccco1. The van der Waals surface area contributed by atoms with Crippen LogP contribution in [-0.4, -0.2) is 22.7 Å². The van der Waals surface area contributed by atoms with Crippen LogP contribution in [0.4, 0.5) is 0 Å². The van der Waals surface area contributed by atoms with Crippen molar-refractivity contribution in [3.8, 4) is 0 Å². The van der Waals surface area contributed by atoms with Crippen molar-refractivity contribution in [2.75, 3.05) is 11.5 Å². The summed E-state index contributed by atoms with van der Waals surface area (Å²) in [6.45, 7) is 2.09. The maximum atomic E-state index is 9.47. The van der Waals surface area contributed by atoms with Crippen molar-refractivity contribution in [3.63, 3.8) is 0 Å². The molecule has 1 unspecified atom stereocenters. The Labute approximate surface area is 77.0 Å². The summed E-state index contributed by atoms with van der Waals surface area (Å²) in [7, 11) is 0. The summed E-state index contributed by atoms with van der Waals surface area (Å²) < 4.78 is 5.11. The molecule has 3 heteroatoms. The van der Waals surface area contributed by atoms with E-state index in [0.717, 1.165) is 17.3 Å². The third-order valence-corrected chi connectivity index (χ3v) is 2.56. The number of aliphatic hydroxyl groups excluding tert-OH is 1. The van der Waals surface area contributed by atoms with Crippen molar-refractivity contribution in [2.45, 2.75) is 19.4 Å². The largest absolute Gasteiger partial charge is 0.469 e. The zero-order chi connectivity index (χ0) is 8.81. The first-order valence-corrected chi connectivity index (χ1v) is 5.26. The number of aliphatic hydroxyl groups is 1. The minimum atomic E-state index is -0.277. The zero-order valence-electron chi connectivity index (χ0n) is 7.19. The molecule has 1 aromatic rings. The van der Waals surface area contributed by atoms with Gasteiger partial charge in [-0.15, -0.1) is 0 Å². The lowest BCUT2D eigenvalue weighted by Gasteiger charge is -2.06. The van der Waals surface area contributed by atoms with Gasteiger partial charge in [0.25, 0.3) is 0 Å². The van der Waals surface area contributed by atoms with Gasteiger partial charge in [-0.3, -0.25) is 0 Å². The molecule has 1 aromatic heterocycles. The molecule has 0 bridgehead atoms. The normalized spacial score (nSPS) is 13.2. The first-order chi connectivity index (χ1) is 5.83. The molecule has 0 aliphatic carbocycles. The standard InChI is InChI=1S/C9H14O2S/c1-2-12-7-8(10)6-9-4-3-5-11-9/h3-5,8,10H,2,6-7H2,1H3. The molecule has 0 saturated carbocycles. The maximum absolute atomic E-state index is 9.47. The van der Waals surface area contributed by atoms with Gasteiger partial charge >= 0.3 is 0 Å². The molecule has 0 fully saturated rings. The molecule has 68 valence electrons. The van der Waals surface area contributed by atoms with Gasteiger partial charge in [0.1, 0.15) is 5.76 Å². The van der Waals surface area contributed by atoms with E-state index in [0.29, 0.717) is 6.42 Å². The molecular weight excluding hydrogens is 172 g/mol. The minimum Gasteiger partial charge on any atom is -0.469 e. The summed E-state index contributed by atoms with van der Waals surface area (Å²) in [5, 5.41) is 9.47. The van der Waals surface area contributed by atoms with Crippen molar-refractivity contribution < 1.29 is 9.52 Å². The third kappa shape index (κ3) is 3.32. The van der Waals surface area contributed by atoms with Crippen molar-refractivity contribution in [3.05, 3.63) is 24.2 Å². The fourth-order valence-electron chi connectivity index (χ4n) is 0.974. The zero-order valence-corrected chi connectivity index (χ0v) is 8.01. The molecule has 2 nitrogen and oxygen atoms in total. The first-order valence-electron chi connectivity index (χ1n) is 4.11. The number of furan rings is 1. The summed E-state index contributed by atoms with van der Waals surface area (Å²) in [6.07, 6.45) is 1.98. The van der Waals surface area contributed by atoms with Crippen LogP contribution in [0.1, 0.15) is 12.7 Å². The van der Waals surface area contributed by atoms with E-state index in [9.17, 15) is 5.11 Å². The molecule has 1 rings (SSSR count). The van der Waals surface area contributed by atoms with Gasteiger partial charge in [-0.2, -0.15) is 11.8 Å². The van der Waals surface area contributed by atoms with Crippen LogP contribution in [0.2, 0.25) is 0 Å². The Balaban J connectivity index is 2.22. The van der Waals surface area contributed by atoms with Crippen LogP contribution in [-0.2, 0) is 6.42 Å². The van der Waals surface area contributed by atoms with Crippen molar-refractivity contribution in [1.82, 2.24) is 0 Å². The highest BCUT2D eigenvalue weighted by Crippen LogP contribution is 2.08. The van der Waals surface area contributed by atoms with E-state index in [2.05, 4.69) is 6.92 Å². The van der Waals surface area contributed by atoms with E-state index in [-0.39, 0.29) is 6.10 Å². The molecule has 1 N–H and O–H groups in total. The highest BCUT2D eigenvalue weighted by molar-refractivity contribution is 7.99. The van der Waals surface area contributed by atoms with Gasteiger partial charge in [0.05, 0.1) is 12.4 Å². The van der Waals surface area contributed by atoms with Gasteiger partial charge in [-0.05, 0) is 17.9 Å². The lowest BCUT2D eigenvalue weighted by atomic mass is 10.2. The molecule has 1 atom stereocenters. The second-order valence-electron chi connectivity index (χ2n) is 2.60. The second kappa shape index (κ2) is 5.27. The Bertz CT molecular complexity index is 196. The predicted octanol–water partition coefficient (Wildman–Crippen LogP) is 1.94. The molecule has 12 heavy (non-hydrogen) atoms. The van der Waals surface area contributed by atoms with Crippen LogP contribution in [0, 0.1) is 0 Å². The van der Waals surface area contributed by atoms with E-state index < -0.39 is 0 Å². The smallest absolute Gasteiger partial charge is 0.106 e. The van der Waals surface area contributed by atoms with Crippen molar-refractivity contribution >= 4 is 11.8 Å². The van der Waals surface area contributed by atoms with Crippen LogP contribution in [0.25, 0.3) is 0 Å². The first kappa shape index (κ1) is 9.68. The molecular formula is C9H14O2S. The molecule has 0 amide bonds. The Morgan fingerprint density at radius 3 is 3.08 bits per heavy atom. The topological polar surface area (TPSA) is 33.4 Å². The Morgan fingerprint density at radius 1 is 1.67 bits per heavy atom. The van der Waals surface area contributed by atoms with Gasteiger partial charge in [-0.25, -0.2) is 0 Å². The summed E-state index contributed by atoms with van der Waals surface area (Å²) in [5.41, 5.74) is 0. The second-order valence-corrected chi connectivity index (χ2v) is 3.92. The lowest BCUT2D eigenvalue weighted by Crippen LogP contribution is -2.13. The predicted molar refractivity (Wildman–Crippen MR) is 51.4 cm³/mol. The molecule has 0 radical (unpaired) electrons. The average Bonchev–Trinajstić information content (AvgIpc) is 2.53. The number of rotatable bonds is 5. The summed E-state index contributed by atoms with van der Waals surface area (Å²) in [4.78, 5) is 0. The number of hydrogen-bond acceptors (Lipinski definition) is 3. The van der Waals surface area contributed by atoms with Crippen molar-refractivity contribution in [1.29, 1.82) is 0 Å². The number of hydrogen-bond donors (Lipinski definition) is 1. The molecule has 0 saturated heterocycles. The Hall–Kier alpha value is -0.410. The monoisotopic (exact) mass is 186 g/mol. The van der Waals surface area contributed by atoms with Crippen LogP contribution < -0.4 is 0 Å². The lowest BCUT2D eigenvalue weighted by molar-refractivity contribution is 0.192. The average molecular weight is 186 g/mol. The highest BCUT2D eigenvalue weighted by Gasteiger charge is 2.06. The summed E-state index contributed by atoms with van der Waals surface area (Å²) >= 11 is 1.75. The van der Waals surface area contributed by atoms with Gasteiger partial charge in [0.15, 0.2) is 0 Å². The van der Waals surface area contributed by atoms with E-state index in [1.165, 1.54) is 0 Å². The molecule has 0 aromatic carbocycles. The minimum absolute atomic E-state index is 0.277. The molecule has 0 spiro atoms. The molecule has 1 heterocycles. The van der Waals surface area contributed by atoms with Gasteiger partial charge in [0, 0.05) is 12.2 Å². The van der Waals surface area contributed by atoms with Gasteiger partial charge in [0.2, 0.25) is 0 Å². The summed E-state index contributed by atoms with van der Waals surface area (Å²) in [5.74, 6) is 2.70. The maximum Gasteiger partial charge on any atom is 0.106 e. The highest BCUT2D eigenvalue weighted by atomic mass is 32.2. The third-order valence-electron chi connectivity index (χ3n) is 1.53. The van der Waals surface area contributed by atoms with Crippen LogP contribution in [0.3, 0.4) is 0 Å². The molecule has 0 aliphatic rings. The van der Waals surface area contributed by atoms with E-state index in [4.69, 9.17) is 4.42 Å². The fourth-order valence-corrected chi connectivity index (χ4v) is 1.60. The quantitative estimate of drug-likeness (QED) is 0.763. The van der Waals surface area contributed by atoms with Gasteiger partial charge in [-0.1, -0.05) is 6.92 Å².